The molecule has 0 fully saturated rings. The minimum absolute atomic E-state index is 0.245. The Bertz CT molecular complexity index is 988. The molecule has 3 N–H and O–H groups in total. The molecule has 4 rings (SSSR count). The van der Waals surface area contributed by atoms with Gasteiger partial charge < -0.3 is 15.1 Å². The normalized spacial score (nSPS) is 11.3. The van der Waals surface area contributed by atoms with Gasteiger partial charge in [-0.1, -0.05) is 23.9 Å². The highest BCUT2D eigenvalue weighted by molar-refractivity contribution is 7.98. The first-order valence-corrected chi connectivity index (χ1v) is 7.97. The van der Waals surface area contributed by atoms with E-state index in [-0.39, 0.29) is 5.56 Å². The van der Waals surface area contributed by atoms with Crippen molar-refractivity contribution in [2.75, 3.05) is 0 Å². The number of aromatic nitrogens is 4. The maximum atomic E-state index is 11.0. The van der Waals surface area contributed by atoms with E-state index >= 15 is 0 Å². The van der Waals surface area contributed by atoms with Gasteiger partial charge in [-0.25, -0.2) is 14.8 Å². The largest absolute Gasteiger partial charge is 0.478 e. The number of fused-ring (bicyclic) bond motifs is 2. The number of benzene rings is 2. The molecule has 2 aromatic carbocycles. The Morgan fingerprint density at radius 1 is 1.04 bits per heavy atom. The molecule has 0 unspecified atom stereocenters. The lowest BCUT2D eigenvalue weighted by Crippen LogP contribution is -1.94. The zero-order valence-electron chi connectivity index (χ0n) is 11.9. The van der Waals surface area contributed by atoms with Crippen molar-refractivity contribution in [2.24, 2.45) is 0 Å². The molecule has 23 heavy (non-hydrogen) atoms. The van der Waals surface area contributed by atoms with Crippen LogP contribution < -0.4 is 0 Å². The molecule has 6 nitrogen and oxygen atoms in total. The van der Waals surface area contributed by atoms with Crippen LogP contribution in [0.25, 0.3) is 22.1 Å². The predicted octanol–water partition coefficient (Wildman–Crippen LogP) is 3.43. The Balaban J connectivity index is 1.56. The summed E-state index contributed by atoms with van der Waals surface area (Å²) in [6.45, 7) is 0. The third-order valence-corrected chi connectivity index (χ3v) is 4.38. The molecule has 0 aliphatic carbocycles. The number of hydrogen-bond donors (Lipinski definition) is 3. The van der Waals surface area contributed by atoms with E-state index in [2.05, 4.69) is 19.9 Å². The highest BCUT2D eigenvalue weighted by Gasteiger charge is 2.09. The first kappa shape index (κ1) is 13.8. The standard InChI is InChI=1S/C16H12N4O2S/c21-15(22)9-5-6-12-13(7-9)20-16(19-12)23-8-14-17-10-3-1-2-4-11(10)18-14/h1-7H,8H2,(H,17,18)(H,19,20)(H,21,22). The van der Waals surface area contributed by atoms with Gasteiger partial charge in [0, 0.05) is 0 Å². The molecule has 4 aromatic rings. The Morgan fingerprint density at radius 3 is 2.70 bits per heavy atom. The average Bonchev–Trinajstić information content (AvgIpc) is 3.14. The molecule has 114 valence electrons. The van der Waals surface area contributed by atoms with Gasteiger partial charge in [-0.05, 0) is 30.3 Å². The van der Waals surface area contributed by atoms with Crippen molar-refractivity contribution >= 4 is 39.8 Å². The molecule has 0 saturated carbocycles. The number of hydrogen-bond acceptors (Lipinski definition) is 4. The van der Waals surface area contributed by atoms with Crippen molar-refractivity contribution in [3.8, 4) is 0 Å². The van der Waals surface area contributed by atoms with Gasteiger partial charge in [-0.15, -0.1) is 0 Å². The van der Waals surface area contributed by atoms with Crippen molar-refractivity contribution < 1.29 is 9.90 Å². The Hall–Kier alpha value is -2.80. The highest BCUT2D eigenvalue weighted by Crippen LogP contribution is 2.23. The minimum Gasteiger partial charge on any atom is -0.478 e. The number of nitrogens with zero attached hydrogens (tertiary/aromatic N) is 2. The van der Waals surface area contributed by atoms with Gasteiger partial charge in [0.25, 0.3) is 0 Å². The molecule has 2 aromatic heterocycles. The summed E-state index contributed by atoms with van der Waals surface area (Å²) < 4.78 is 0. The van der Waals surface area contributed by atoms with Crippen molar-refractivity contribution in [1.82, 2.24) is 19.9 Å². The fourth-order valence-electron chi connectivity index (χ4n) is 2.40. The van der Waals surface area contributed by atoms with Gasteiger partial charge in [0.05, 0.1) is 33.4 Å². The smallest absolute Gasteiger partial charge is 0.335 e. The average molecular weight is 324 g/mol. The number of imidazole rings is 2. The second kappa shape index (κ2) is 5.44. The number of carboxylic acids is 1. The number of thioether (sulfide) groups is 1. The van der Waals surface area contributed by atoms with E-state index in [1.54, 1.807) is 18.2 Å². The van der Waals surface area contributed by atoms with Crippen LogP contribution in [0, 0.1) is 0 Å². The number of carbonyl (C=O) groups is 1. The maximum Gasteiger partial charge on any atom is 0.335 e. The van der Waals surface area contributed by atoms with Crippen LogP contribution in [0.4, 0.5) is 0 Å². The summed E-state index contributed by atoms with van der Waals surface area (Å²) in [5, 5.41) is 9.76. The van der Waals surface area contributed by atoms with Crippen LogP contribution in [0.15, 0.2) is 47.6 Å². The van der Waals surface area contributed by atoms with Crippen LogP contribution in [0.5, 0.6) is 0 Å². The zero-order valence-corrected chi connectivity index (χ0v) is 12.7. The number of carboxylic acid groups (broad SMARTS) is 1. The minimum atomic E-state index is -0.946. The van der Waals surface area contributed by atoms with Crippen LogP contribution in [0.2, 0.25) is 0 Å². The fourth-order valence-corrected chi connectivity index (χ4v) is 3.15. The van der Waals surface area contributed by atoms with Crippen LogP contribution in [0.3, 0.4) is 0 Å². The topological polar surface area (TPSA) is 94.7 Å². The highest BCUT2D eigenvalue weighted by atomic mass is 32.2. The molecular weight excluding hydrogens is 312 g/mol. The number of aromatic carboxylic acids is 1. The van der Waals surface area contributed by atoms with Crippen LogP contribution >= 0.6 is 11.8 Å². The summed E-state index contributed by atoms with van der Waals surface area (Å²) >= 11 is 1.52. The molecule has 0 bridgehead atoms. The Kier molecular flexibility index (Phi) is 3.27. The van der Waals surface area contributed by atoms with E-state index in [9.17, 15) is 4.79 Å². The molecule has 7 heteroatoms. The molecule has 0 spiro atoms. The number of H-pyrrole nitrogens is 2. The van der Waals surface area contributed by atoms with E-state index in [1.165, 1.54) is 11.8 Å². The fraction of sp³-hybridized carbons (Fsp3) is 0.0625. The van der Waals surface area contributed by atoms with Crippen molar-refractivity contribution in [1.29, 1.82) is 0 Å². The molecule has 0 saturated heterocycles. The predicted molar refractivity (Wildman–Crippen MR) is 88.7 cm³/mol. The molecule has 0 aliphatic rings. The first-order valence-electron chi connectivity index (χ1n) is 6.98. The van der Waals surface area contributed by atoms with Gasteiger partial charge in [0.15, 0.2) is 5.16 Å². The zero-order chi connectivity index (χ0) is 15.8. The summed E-state index contributed by atoms with van der Waals surface area (Å²) in [5.74, 6) is 0.584. The number of para-hydroxylation sites is 2. The summed E-state index contributed by atoms with van der Waals surface area (Å²) in [5.41, 5.74) is 3.67. The van der Waals surface area contributed by atoms with Gasteiger partial charge in [0.2, 0.25) is 0 Å². The van der Waals surface area contributed by atoms with E-state index in [0.29, 0.717) is 5.75 Å². The van der Waals surface area contributed by atoms with Crippen LogP contribution in [-0.2, 0) is 5.75 Å². The third-order valence-electron chi connectivity index (χ3n) is 3.49. The van der Waals surface area contributed by atoms with Crippen molar-refractivity contribution in [3.63, 3.8) is 0 Å². The van der Waals surface area contributed by atoms with Gasteiger partial charge in [-0.2, -0.15) is 0 Å². The number of aromatic amines is 2. The van der Waals surface area contributed by atoms with E-state index < -0.39 is 5.97 Å². The monoisotopic (exact) mass is 324 g/mol. The molecule has 2 heterocycles. The first-order chi connectivity index (χ1) is 11.2. The van der Waals surface area contributed by atoms with Crippen LogP contribution in [-0.4, -0.2) is 31.0 Å². The maximum absolute atomic E-state index is 11.0. The second-order valence-electron chi connectivity index (χ2n) is 5.07. The molecular formula is C16H12N4O2S. The Morgan fingerprint density at radius 2 is 1.87 bits per heavy atom. The third kappa shape index (κ3) is 2.66. The molecule has 0 radical (unpaired) electrons. The van der Waals surface area contributed by atoms with Crippen molar-refractivity contribution in [2.45, 2.75) is 10.9 Å². The van der Waals surface area contributed by atoms with Crippen molar-refractivity contribution in [3.05, 3.63) is 53.9 Å². The van der Waals surface area contributed by atoms with E-state index in [0.717, 1.165) is 33.0 Å². The lowest BCUT2D eigenvalue weighted by Gasteiger charge is -1.93. The van der Waals surface area contributed by atoms with Gasteiger partial charge in [-0.3, -0.25) is 0 Å². The number of nitrogens with one attached hydrogen (secondary N) is 2. The molecule has 0 atom stereocenters. The van der Waals surface area contributed by atoms with Crippen LogP contribution in [0.1, 0.15) is 16.2 Å². The van der Waals surface area contributed by atoms with E-state index in [4.69, 9.17) is 5.11 Å². The second-order valence-corrected chi connectivity index (χ2v) is 6.03. The number of rotatable bonds is 4. The Labute approximate surface area is 135 Å². The SMILES string of the molecule is O=C(O)c1ccc2nc(SCc3nc4ccccc4[nH]3)[nH]c2c1. The van der Waals surface area contributed by atoms with Gasteiger partial charge in [0.1, 0.15) is 5.82 Å². The molecule has 0 aliphatic heterocycles. The lowest BCUT2D eigenvalue weighted by atomic mass is 10.2. The summed E-state index contributed by atoms with van der Waals surface area (Å²) in [6, 6.07) is 12.7. The summed E-state index contributed by atoms with van der Waals surface area (Å²) in [4.78, 5) is 26.4. The molecule has 0 amide bonds. The summed E-state index contributed by atoms with van der Waals surface area (Å²) in [7, 11) is 0. The quantitative estimate of drug-likeness (QED) is 0.500. The lowest BCUT2D eigenvalue weighted by molar-refractivity contribution is 0.0697. The summed E-state index contributed by atoms with van der Waals surface area (Å²) in [6.07, 6.45) is 0. The van der Waals surface area contributed by atoms with E-state index in [1.807, 2.05) is 24.3 Å². The van der Waals surface area contributed by atoms with Gasteiger partial charge >= 0.3 is 5.97 Å².